The molecule has 1 fully saturated rings. The second-order valence-electron chi connectivity index (χ2n) is 4.43. The predicted molar refractivity (Wildman–Crippen MR) is 56.3 cm³/mol. The van der Waals surface area contributed by atoms with Gasteiger partial charge in [-0.15, -0.1) is 0 Å². The Balaban J connectivity index is 2.20. The third kappa shape index (κ3) is 3.94. The van der Waals surface area contributed by atoms with Crippen LogP contribution >= 0.6 is 0 Å². The van der Waals surface area contributed by atoms with E-state index in [1.54, 1.807) is 0 Å². The summed E-state index contributed by atoms with van der Waals surface area (Å²) in [6.45, 7) is 1.26. The van der Waals surface area contributed by atoms with Gasteiger partial charge in [-0.05, 0) is 39.2 Å². The van der Waals surface area contributed by atoms with Crippen molar-refractivity contribution in [1.29, 1.82) is 0 Å². The summed E-state index contributed by atoms with van der Waals surface area (Å²) in [5.74, 6) is 0.463. The zero-order chi connectivity index (χ0) is 12.2. The molecule has 0 heterocycles. The minimum absolute atomic E-state index is 0.198. The van der Waals surface area contributed by atoms with Crippen LogP contribution in [0.4, 0.5) is 13.2 Å². The molecule has 16 heavy (non-hydrogen) atoms. The van der Waals surface area contributed by atoms with Crippen molar-refractivity contribution in [3.05, 3.63) is 0 Å². The lowest BCUT2D eigenvalue weighted by Gasteiger charge is -2.21. The molecule has 1 aliphatic rings. The normalized spacial score (nSPS) is 28.3. The molecule has 1 rings (SSSR count). The van der Waals surface area contributed by atoms with Crippen LogP contribution in [0.25, 0.3) is 0 Å². The number of nitrogens with one attached hydrogen (secondary N) is 1. The molecule has 0 amide bonds. The van der Waals surface area contributed by atoms with Crippen molar-refractivity contribution in [1.82, 2.24) is 5.32 Å². The Morgan fingerprint density at radius 1 is 1.38 bits per heavy atom. The lowest BCUT2D eigenvalue weighted by Crippen LogP contribution is -2.32. The van der Waals surface area contributed by atoms with Crippen molar-refractivity contribution in [2.45, 2.75) is 50.9 Å². The molecular weight excluding hydrogens is 219 g/mol. The fourth-order valence-electron chi connectivity index (χ4n) is 2.25. The molecule has 96 valence electrons. The van der Waals surface area contributed by atoms with Crippen LogP contribution in [0.1, 0.15) is 32.6 Å². The molecular formula is C11H20F3NO. The van der Waals surface area contributed by atoms with Crippen LogP contribution in [0, 0.1) is 5.92 Å². The monoisotopic (exact) mass is 239 g/mol. The van der Waals surface area contributed by atoms with E-state index in [1.807, 2.05) is 7.05 Å². The Kier molecular flexibility index (Phi) is 5.05. The molecule has 1 aliphatic carbocycles. The molecule has 3 atom stereocenters. The average molecular weight is 239 g/mol. The highest BCUT2D eigenvalue weighted by Gasteiger charge is 2.37. The molecule has 5 heteroatoms. The third-order valence-electron chi connectivity index (χ3n) is 3.35. The topological polar surface area (TPSA) is 21.3 Å². The van der Waals surface area contributed by atoms with Crippen molar-refractivity contribution >= 4 is 0 Å². The van der Waals surface area contributed by atoms with E-state index in [2.05, 4.69) is 5.32 Å². The maximum absolute atomic E-state index is 12.2. The molecule has 0 bridgehead atoms. The molecule has 1 N–H and O–H groups in total. The molecule has 0 spiro atoms. The van der Waals surface area contributed by atoms with Crippen molar-refractivity contribution in [2.24, 2.45) is 5.92 Å². The van der Waals surface area contributed by atoms with Crippen molar-refractivity contribution < 1.29 is 17.9 Å². The number of alkyl halides is 3. The minimum atomic E-state index is -4.24. The molecule has 0 aliphatic heterocycles. The first-order chi connectivity index (χ1) is 7.45. The van der Waals surface area contributed by atoms with Gasteiger partial charge in [0, 0.05) is 12.6 Å². The summed E-state index contributed by atoms with van der Waals surface area (Å²) < 4.78 is 41.3. The summed E-state index contributed by atoms with van der Waals surface area (Å²) in [5, 5.41) is 3.20. The number of rotatable bonds is 5. The van der Waals surface area contributed by atoms with Gasteiger partial charge in [0.05, 0.1) is 0 Å². The molecule has 2 nitrogen and oxygen atoms in total. The van der Waals surface area contributed by atoms with Gasteiger partial charge in [0.1, 0.15) is 0 Å². The number of hydrogen-bond donors (Lipinski definition) is 1. The van der Waals surface area contributed by atoms with Gasteiger partial charge in [0.15, 0.2) is 6.10 Å². The van der Waals surface area contributed by atoms with Crippen LogP contribution < -0.4 is 5.32 Å². The van der Waals surface area contributed by atoms with E-state index in [1.165, 1.54) is 0 Å². The summed E-state index contributed by atoms with van der Waals surface area (Å²) in [7, 11) is 1.90. The lowest BCUT2D eigenvalue weighted by molar-refractivity contribution is -0.214. The van der Waals surface area contributed by atoms with Crippen molar-refractivity contribution in [3.63, 3.8) is 0 Å². The van der Waals surface area contributed by atoms with Gasteiger partial charge in [0.2, 0.25) is 0 Å². The second-order valence-corrected chi connectivity index (χ2v) is 4.43. The maximum atomic E-state index is 12.2. The highest BCUT2D eigenvalue weighted by molar-refractivity contribution is 4.81. The Labute approximate surface area is 94.5 Å². The highest BCUT2D eigenvalue weighted by Crippen LogP contribution is 2.29. The molecule has 3 unspecified atom stereocenters. The van der Waals surface area contributed by atoms with E-state index in [0.717, 1.165) is 26.2 Å². The van der Waals surface area contributed by atoms with Gasteiger partial charge in [0.25, 0.3) is 0 Å². The number of ether oxygens (including phenoxy) is 1. The molecule has 0 aromatic rings. The SMILES string of the molecule is CNC1CCCC1CCOC(C)C(F)(F)F. The first kappa shape index (κ1) is 13.8. The van der Waals surface area contributed by atoms with Crippen molar-refractivity contribution in [3.8, 4) is 0 Å². The van der Waals surface area contributed by atoms with Crippen LogP contribution in [0.15, 0.2) is 0 Å². The standard InChI is InChI=1S/C11H20F3NO/c1-8(11(12,13)14)16-7-6-9-4-3-5-10(9)15-2/h8-10,15H,3-7H2,1-2H3. The number of halogens is 3. The summed E-state index contributed by atoms with van der Waals surface area (Å²) in [5.41, 5.74) is 0. The molecule has 0 aromatic carbocycles. The predicted octanol–water partition coefficient (Wildman–Crippen LogP) is 2.73. The van der Waals surface area contributed by atoms with Gasteiger partial charge >= 0.3 is 6.18 Å². The lowest BCUT2D eigenvalue weighted by atomic mass is 10.0. The van der Waals surface area contributed by atoms with E-state index in [4.69, 9.17) is 4.74 Å². The maximum Gasteiger partial charge on any atom is 0.414 e. The highest BCUT2D eigenvalue weighted by atomic mass is 19.4. The minimum Gasteiger partial charge on any atom is -0.369 e. The largest absolute Gasteiger partial charge is 0.414 e. The van der Waals surface area contributed by atoms with Crippen LogP contribution in [0.5, 0.6) is 0 Å². The van der Waals surface area contributed by atoms with Gasteiger partial charge in [-0.2, -0.15) is 13.2 Å². The summed E-state index contributed by atoms with van der Waals surface area (Å²) in [4.78, 5) is 0. The van der Waals surface area contributed by atoms with E-state index >= 15 is 0 Å². The molecule has 1 saturated carbocycles. The van der Waals surface area contributed by atoms with Gasteiger partial charge in [-0.25, -0.2) is 0 Å². The summed E-state index contributed by atoms with van der Waals surface area (Å²) >= 11 is 0. The molecule has 0 radical (unpaired) electrons. The Morgan fingerprint density at radius 3 is 2.62 bits per heavy atom. The van der Waals surface area contributed by atoms with Gasteiger partial charge < -0.3 is 10.1 Å². The first-order valence-corrected chi connectivity index (χ1v) is 5.80. The fourth-order valence-corrected chi connectivity index (χ4v) is 2.25. The Hall–Kier alpha value is -0.290. The van der Waals surface area contributed by atoms with Crippen LogP contribution in [0.3, 0.4) is 0 Å². The zero-order valence-corrected chi connectivity index (χ0v) is 9.81. The van der Waals surface area contributed by atoms with E-state index in [-0.39, 0.29) is 6.61 Å². The van der Waals surface area contributed by atoms with E-state index < -0.39 is 12.3 Å². The second kappa shape index (κ2) is 5.87. The zero-order valence-electron chi connectivity index (χ0n) is 9.81. The average Bonchev–Trinajstić information content (AvgIpc) is 2.63. The number of hydrogen-bond acceptors (Lipinski definition) is 2. The quantitative estimate of drug-likeness (QED) is 0.796. The van der Waals surface area contributed by atoms with Gasteiger partial charge in [-0.3, -0.25) is 0 Å². The smallest absolute Gasteiger partial charge is 0.369 e. The van der Waals surface area contributed by atoms with Crippen molar-refractivity contribution in [2.75, 3.05) is 13.7 Å². The summed E-state index contributed by atoms with van der Waals surface area (Å²) in [6, 6.07) is 0.449. The Morgan fingerprint density at radius 2 is 2.06 bits per heavy atom. The first-order valence-electron chi connectivity index (χ1n) is 5.80. The van der Waals surface area contributed by atoms with Crippen LogP contribution in [-0.2, 0) is 4.74 Å². The molecule has 0 saturated heterocycles. The fraction of sp³-hybridized carbons (Fsp3) is 1.00. The third-order valence-corrected chi connectivity index (χ3v) is 3.35. The molecule has 0 aromatic heterocycles. The van der Waals surface area contributed by atoms with E-state index in [0.29, 0.717) is 18.4 Å². The van der Waals surface area contributed by atoms with Gasteiger partial charge in [-0.1, -0.05) is 6.42 Å². The summed E-state index contributed by atoms with van der Waals surface area (Å²) in [6.07, 6.45) is -1.80. The van der Waals surface area contributed by atoms with Crippen LogP contribution in [-0.4, -0.2) is 32.0 Å². The Bertz CT molecular complexity index is 208. The van der Waals surface area contributed by atoms with E-state index in [9.17, 15) is 13.2 Å². The van der Waals surface area contributed by atoms with Crippen LogP contribution in [0.2, 0.25) is 0 Å².